The molecule has 6 heteroatoms. The van der Waals surface area contributed by atoms with Gasteiger partial charge in [-0.15, -0.1) is 0 Å². The zero-order valence-electron chi connectivity index (χ0n) is 9.34. The van der Waals surface area contributed by atoms with E-state index in [4.69, 9.17) is 14.2 Å². The Morgan fingerprint density at radius 1 is 1.31 bits per heavy atom. The fourth-order valence-corrected chi connectivity index (χ4v) is 1.54. The zero-order chi connectivity index (χ0) is 12.1. The van der Waals surface area contributed by atoms with Gasteiger partial charge in [0.15, 0.2) is 6.29 Å². The predicted octanol–water partition coefficient (Wildman–Crippen LogP) is -0.0214. The lowest BCUT2D eigenvalue weighted by Crippen LogP contribution is -2.44. The Labute approximate surface area is 93.5 Å². The molecule has 1 N–H and O–H groups in total. The molecule has 1 fully saturated rings. The van der Waals surface area contributed by atoms with Crippen LogP contribution in [0, 0.1) is 0 Å². The number of hydrogen-bond acceptors (Lipinski definition) is 6. The van der Waals surface area contributed by atoms with Gasteiger partial charge in [-0.25, -0.2) is 0 Å². The van der Waals surface area contributed by atoms with Crippen LogP contribution in [0.1, 0.15) is 26.7 Å². The molecule has 0 aromatic carbocycles. The van der Waals surface area contributed by atoms with E-state index >= 15 is 0 Å². The van der Waals surface area contributed by atoms with Gasteiger partial charge >= 0.3 is 11.9 Å². The van der Waals surface area contributed by atoms with E-state index in [1.807, 2.05) is 0 Å². The minimum Gasteiger partial charge on any atom is -0.463 e. The van der Waals surface area contributed by atoms with Crippen LogP contribution in [-0.4, -0.2) is 42.1 Å². The number of aliphatic hydroxyl groups excluding tert-OH is 1. The molecule has 1 aliphatic rings. The van der Waals surface area contributed by atoms with Crippen molar-refractivity contribution in [3.63, 3.8) is 0 Å². The van der Waals surface area contributed by atoms with Crippen LogP contribution in [0.4, 0.5) is 0 Å². The molecule has 0 radical (unpaired) electrons. The second-order valence-corrected chi connectivity index (χ2v) is 3.66. The first-order valence-electron chi connectivity index (χ1n) is 5.13. The van der Waals surface area contributed by atoms with E-state index in [0.29, 0.717) is 12.8 Å². The fraction of sp³-hybridized carbons (Fsp3) is 0.800. The zero-order valence-corrected chi connectivity index (χ0v) is 9.34. The summed E-state index contributed by atoms with van der Waals surface area (Å²) in [4.78, 5) is 21.5. The van der Waals surface area contributed by atoms with E-state index in [1.54, 1.807) is 0 Å². The number of ether oxygens (including phenoxy) is 3. The number of rotatable bonds is 3. The Morgan fingerprint density at radius 3 is 2.56 bits per heavy atom. The van der Waals surface area contributed by atoms with Crippen molar-refractivity contribution in [2.45, 2.75) is 45.2 Å². The van der Waals surface area contributed by atoms with Gasteiger partial charge < -0.3 is 19.3 Å². The third kappa shape index (κ3) is 4.16. The Bertz CT molecular complexity index is 264. The first-order valence-corrected chi connectivity index (χ1v) is 5.13. The largest absolute Gasteiger partial charge is 0.463 e. The average molecular weight is 232 g/mol. The Balaban J connectivity index is 2.50. The smallest absolute Gasteiger partial charge is 0.302 e. The molecule has 3 atom stereocenters. The molecule has 1 saturated heterocycles. The van der Waals surface area contributed by atoms with Crippen LogP contribution in [0.15, 0.2) is 0 Å². The second-order valence-electron chi connectivity index (χ2n) is 3.66. The summed E-state index contributed by atoms with van der Waals surface area (Å²) >= 11 is 0. The normalized spacial score (nSPS) is 29.6. The lowest BCUT2D eigenvalue weighted by atomic mass is 10.1. The van der Waals surface area contributed by atoms with Crippen LogP contribution in [-0.2, 0) is 23.8 Å². The van der Waals surface area contributed by atoms with E-state index in [-0.39, 0.29) is 6.61 Å². The van der Waals surface area contributed by atoms with E-state index in [0.717, 1.165) is 0 Å². The van der Waals surface area contributed by atoms with Crippen molar-refractivity contribution < 1.29 is 28.9 Å². The number of aliphatic hydroxyl groups is 1. The topological polar surface area (TPSA) is 82.1 Å². The van der Waals surface area contributed by atoms with E-state index in [2.05, 4.69) is 0 Å². The van der Waals surface area contributed by atoms with E-state index in [1.165, 1.54) is 13.8 Å². The molecule has 0 bridgehead atoms. The van der Waals surface area contributed by atoms with Crippen LogP contribution in [0.5, 0.6) is 0 Å². The lowest BCUT2D eigenvalue weighted by Gasteiger charge is -2.33. The highest BCUT2D eigenvalue weighted by Crippen LogP contribution is 2.21. The molecule has 1 heterocycles. The lowest BCUT2D eigenvalue weighted by molar-refractivity contribution is -0.221. The average Bonchev–Trinajstić information content (AvgIpc) is 2.17. The molecule has 6 nitrogen and oxygen atoms in total. The van der Waals surface area contributed by atoms with Crippen LogP contribution < -0.4 is 0 Å². The molecule has 0 spiro atoms. The van der Waals surface area contributed by atoms with Crippen molar-refractivity contribution >= 4 is 11.9 Å². The minimum atomic E-state index is -0.896. The van der Waals surface area contributed by atoms with Crippen molar-refractivity contribution in [2.24, 2.45) is 0 Å². The third-order valence-corrected chi connectivity index (χ3v) is 2.21. The maximum Gasteiger partial charge on any atom is 0.302 e. The predicted molar refractivity (Wildman–Crippen MR) is 52.3 cm³/mol. The maximum absolute atomic E-state index is 10.8. The van der Waals surface area contributed by atoms with Gasteiger partial charge in [0, 0.05) is 20.3 Å². The molecule has 0 amide bonds. The molecule has 1 aliphatic heterocycles. The Hall–Kier alpha value is -1.14. The summed E-state index contributed by atoms with van der Waals surface area (Å²) in [5, 5.41) is 9.29. The summed E-state index contributed by atoms with van der Waals surface area (Å²) in [6.07, 6.45) is -1.08. The fourth-order valence-electron chi connectivity index (χ4n) is 1.54. The Kier molecular flexibility index (Phi) is 4.70. The van der Waals surface area contributed by atoms with Crippen molar-refractivity contribution in [3.8, 4) is 0 Å². The SMILES string of the molecule is CC(=O)OC[C@@H]1O[C@H](O)CC[C@H]1OC(C)=O. The second kappa shape index (κ2) is 5.81. The molecule has 0 unspecified atom stereocenters. The highest BCUT2D eigenvalue weighted by molar-refractivity contribution is 5.66. The summed E-state index contributed by atoms with van der Waals surface area (Å²) in [5.41, 5.74) is 0. The molecule has 0 aliphatic carbocycles. The number of esters is 2. The standard InChI is InChI=1S/C10H16O6/c1-6(11)14-5-9-8(15-7(2)12)3-4-10(13)16-9/h8-10,13H,3-5H2,1-2H3/t8-,9+,10+/m1/s1. The summed E-state index contributed by atoms with van der Waals surface area (Å²) in [5.74, 6) is -0.858. The van der Waals surface area contributed by atoms with Crippen LogP contribution in [0.25, 0.3) is 0 Å². The summed E-state index contributed by atoms with van der Waals surface area (Å²) < 4.78 is 14.9. The van der Waals surface area contributed by atoms with E-state index in [9.17, 15) is 14.7 Å². The summed E-state index contributed by atoms with van der Waals surface area (Å²) in [6.45, 7) is 2.55. The quantitative estimate of drug-likeness (QED) is 0.688. The molecular formula is C10H16O6. The maximum atomic E-state index is 10.8. The number of carbonyl (C=O) groups excluding carboxylic acids is 2. The molecule has 92 valence electrons. The molecule has 1 rings (SSSR count). The van der Waals surface area contributed by atoms with Crippen LogP contribution in [0.3, 0.4) is 0 Å². The van der Waals surface area contributed by atoms with Gasteiger partial charge in [-0.2, -0.15) is 0 Å². The van der Waals surface area contributed by atoms with Gasteiger partial charge in [0.1, 0.15) is 18.8 Å². The molecule has 0 aromatic heterocycles. The number of carbonyl (C=O) groups is 2. The van der Waals surface area contributed by atoms with Crippen LogP contribution >= 0.6 is 0 Å². The van der Waals surface area contributed by atoms with Gasteiger partial charge in [0.2, 0.25) is 0 Å². The highest BCUT2D eigenvalue weighted by Gasteiger charge is 2.33. The van der Waals surface area contributed by atoms with Gasteiger partial charge in [0.25, 0.3) is 0 Å². The van der Waals surface area contributed by atoms with Gasteiger partial charge in [-0.1, -0.05) is 0 Å². The molecule has 0 saturated carbocycles. The first-order chi connectivity index (χ1) is 7.49. The van der Waals surface area contributed by atoms with Crippen molar-refractivity contribution in [2.75, 3.05) is 6.61 Å². The Morgan fingerprint density at radius 2 is 2.00 bits per heavy atom. The molecular weight excluding hydrogens is 216 g/mol. The van der Waals surface area contributed by atoms with E-state index < -0.39 is 30.4 Å². The van der Waals surface area contributed by atoms with Gasteiger partial charge in [0.05, 0.1) is 0 Å². The number of hydrogen-bond donors (Lipinski definition) is 1. The van der Waals surface area contributed by atoms with Crippen molar-refractivity contribution in [1.82, 2.24) is 0 Å². The monoisotopic (exact) mass is 232 g/mol. The minimum absolute atomic E-state index is 0.0235. The molecule has 16 heavy (non-hydrogen) atoms. The van der Waals surface area contributed by atoms with Crippen LogP contribution in [0.2, 0.25) is 0 Å². The van der Waals surface area contributed by atoms with Crippen molar-refractivity contribution in [3.05, 3.63) is 0 Å². The highest BCUT2D eigenvalue weighted by atomic mass is 16.6. The molecule has 0 aromatic rings. The van der Waals surface area contributed by atoms with Gasteiger partial charge in [-0.3, -0.25) is 9.59 Å². The summed E-state index contributed by atoms with van der Waals surface area (Å²) in [6, 6.07) is 0. The van der Waals surface area contributed by atoms with Crippen molar-refractivity contribution in [1.29, 1.82) is 0 Å². The first kappa shape index (κ1) is 12.9. The third-order valence-electron chi connectivity index (χ3n) is 2.21. The van der Waals surface area contributed by atoms with Gasteiger partial charge in [-0.05, 0) is 6.42 Å². The summed E-state index contributed by atoms with van der Waals surface area (Å²) in [7, 11) is 0.